The molecule has 0 saturated heterocycles. The minimum atomic E-state index is -0.438. The fraction of sp³-hybridized carbons (Fsp3) is 0.222. The zero-order valence-corrected chi connectivity index (χ0v) is 14.0. The number of nitrogens with zero attached hydrogens (tertiary/aromatic N) is 1. The number of halogens is 1. The Balaban J connectivity index is 1.85. The van der Waals surface area contributed by atoms with Crippen molar-refractivity contribution in [2.75, 3.05) is 25.6 Å². The average Bonchev–Trinajstić information content (AvgIpc) is 2.60. The first-order valence-corrected chi connectivity index (χ1v) is 7.64. The number of ether oxygens (including phenoxy) is 2. The molecule has 0 unspecified atom stereocenters. The third-order valence-corrected chi connectivity index (χ3v) is 3.07. The average molecular weight is 346 g/mol. The number of carbonyl (C=O) groups excluding carboxylic acids is 1. The zero-order valence-electron chi connectivity index (χ0n) is 14.0. The van der Waals surface area contributed by atoms with Gasteiger partial charge in [0.05, 0.1) is 19.9 Å². The van der Waals surface area contributed by atoms with Crippen LogP contribution in [0.15, 0.2) is 47.6 Å². The van der Waals surface area contributed by atoms with Gasteiger partial charge in [-0.05, 0) is 43.3 Å². The molecule has 1 N–H and O–H groups in total. The van der Waals surface area contributed by atoms with Crippen LogP contribution < -0.4 is 14.8 Å². The molecule has 7 heteroatoms. The molecule has 2 aromatic carbocycles. The summed E-state index contributed by atoms with van der Waals surface area (Å²) in [6.07, 6.45) is 1.45. The van der Waals surface area contributed by atoms with Gasteiger partial charge in [-0.25, -0.2) is 4.39 Å². The number of amides is 1. The predicted molar refractivity (Wildman–Crippen MR) is 92.7 cm³/mol. The molecule has 25 heavy (non-hydrogen) atoms. The van der Waals surface area contributed by atoms with E-state index in [4.69, 9.17) is 14.3 Å². The molecule has 0 aliphatic rings. The maximum absolute atomic E-state index is 13.0. The lowest BCUT2D eigenvalue weighted by molar-refractivity contribution is -0.120. The molecule has 0 aliphatic carbocycles. The highest BCUT2D eigenvalue weighted by atomic mass is 19.1. The minimum Gasteiger partial charge on any atom is -0.493 e. The Hall–Kier alpha value is -3.09. The van der Waals surface area contributed by atoms with Gasteiger partial charge in [-0.1, -0.05) is 11.2 Å². The van der Waals surface area contributed by atoms with Crippen molar-refractivity contribution in [1.29, 1.82) is 0 Å². The summed E-state index contributed by atoms with van der Waals surface area (Å²) in [4.78, 5) is 16.6. The largest absolute Gasteiger partial charge is 0.493 e. The molecule has 2 aromatic rings. The maximum atomic E-state index is 13.0. The second-order valence-corrected chi connectivity index (χ2v) is 4.91. The number of carbonyl (C=O) groups is 1. The molecular weight excluding hydrogens is 327 g/mol. The van der Waals surface area contributed by atoms with Gasteiger partial charge in [-0.3, -0.25) is 4.79 Å². The van der Waals surface area contributed by atoms with Crippen LogP contribution in [-0.2, 0) is 9.63 Å². The van der Waals surface area contributed by atoms with Crippen molar-refractivity contribution in [2.24, 2.45) is 5.16 Å². The molecule has 132 valence electrons. The Labute approximate surface area is 145 Å². The van der Waals surface area contributed by atoms with E-state index >= 15 is 0 Å². The second kappa shape index (κ2) is 9.27. The number of hydrogen-bond acceptors (Lipinski definition) is 5. The van der Waals surface area contributed by atoms with Gasteiger partial charge < -0.3 is 19.6 Å². The van der Waals surface area contributed by atoms with E-state index in [1.807, 2.05) is 6.92 Å². The summed E-state index contributed by atoms with van der Waals surface area (Å²) in [5.74, 6) is 0.348. The number of rotatable bonds is 8. The van der Waals surface area contributed by atoms with Gasteiger partial charge in [-0.2, -0.15) is 0 Å². The van der Waals surface area contributed by atoms with Gasteiger partial charge in [0.25, 0.3) is 5.91 Å². The lowest BCUT2D eigenvalue weighted by atomic mass is 10.2. The normalized spacial score (nSPS) is 10.5. The SMILES string of the molecule is CCOc1ccc(/C=N\OCC(=O)Nc2cccc(F)c2)cc1OC. The van der Waals surface area contributed by atoms with Gasteiger partial charge in [-0.15, -0.1) is 0 Å². The van der Waals surface area contributed by atoms with Gasteiger partial charge in [0.15, 0.2) is 18.1 Å². The van der Waals surface area contributed by atoms with Gasteiger partial charge in [0.2, 0.25) is 0 Å². The maximum Gasteiger partial charge on any atom is 0.265 e. The fourth-order valence-corrected chi connectivity index (χ4v) is 2.00. The Bertz CT molecular complexity index is 750. The number of nitrogens with one attached hydrogen (secondary N) is 1. The quantitative estimate of drug-likeness (QED) is 0.589. The molecule has 2 rings (SSSR count). The van der Waals surface area contributed by atoms with Gasteiger partial charge in [0.1, 0.15) is 5.82 Å². The van der Waals surface area contributed by atoms with Gasteiger partial charge in [0, 0.05) is 11.3 Å². The summed E-state index contributed by atoms with van der Waals surface area (Å²) in [5.41, 5.74) is 1.08. The molecule has 0 spiro atoms. The van der Waals surface area contributed by atoms with Crippen LogP contribution in [-0.4, -0.2) is 32.4 Å². The van der Waals surface area contributed by atoms with Crippen molar-refractivity contribution < 1.29 is 23.5 Å². The van der Waals surface area contributed by atoms with Gasteiger partial charge >= 0.3 is 0 Å². The molecule has 6 nitrogen and oxygen atoms in total. The summed E-state index contributed by atoms with van der Waals surface area (Å²) in [6.45, 7) is 2.13. The molecule has 0 atom stereocenters. The monoisotopic (exact) mass is 346 g/mol. The second-order valence-electron chi connectivity index (χ2n) is 4.91. The molecule has 0 fully saturated rings. The van der Waals surface area contributed by atoms with E-state index in [9.17, 15) is 9.18 Å². The van der Waals surface area contributed by atoms with E-state index in [1.165, 1.54) is 24.4 Å². The fourth-order valence-electron chi connectivity index (χ4n) is 2.00. The number of anilines is 1. The van der Waals surface area contributed by atoms with Crippen LogP contribution in [0.1, 0.15) is 12.5 Å². The van der Waals surface area contributed by atoms with E-state index < -0.39 is 11.7 Å². The zero-order chi connectivity index (χ0) is 18.1. The predicted octanol–water partition coefficient (Wildman–Crippen LogP) is 3.22. The minimum absolute atomic E-state index is 0.290. The topological polar surface area (TPSA) is 69.2 Å². The first-order valence-electron chi connectivity index (χ1n) is 7.64. The first-order chi connectivity index (χ1) is 12.1. The Morgan fingerprint density at radius 3 is 2.80 bits per heavy atom. The Morgan fingerprint density at radius 2 is 2.08 bits per heavy atom. The Kier molecular flexibility index (Phi) is 6.76. The smallest absolute Gasteiger partial charge is 0.265 e. The van der Waals surface area contributed by atoms with Crippen LogP contribution in [0.5, 0.6) is 11.5 Å². The molecule has 0 aromatic heterocycles. The van der Waals surface area contributed by atoms with E-state index in [0.29, 0.717) is 23.8 Å². The van der Waals surface area contributed by atoms with Crippen molar-refractivity contribution in [2.45, 2.75) is 6.92 Å². The van der Waals surface area contributed by atoms with Crippen molar-refractivity contribution >= 4 is 17.8 Å². The molecule has 0 aliphatic heterocycles. The molecule has 0 radical (unpaired) electrons. The number of methoxy groups -OCH3 is 1. The lowest BCUT2D eigenvalue weighted by Crippen LogP contribution is -2.17. The van der Waals surface area contributed by atoms with E-state index in [0.717, 1.165) is 5.56 Å². The first kappa shape index (κ1) is 18.3. The summed E-state index contributed by atoms with van der Waals surface area (Å²) < 4.78 is 23.7. The van der Waals surface area contributed by atoms with Crippen molar-refractivity contribution in [3.63, 3.8) is 0 Å². The van der Waals surface area contributed by atoms with Crippen LogP contribution in [0.2, 0.25) is 0 Å². The highest BCUT2D eigenvalue weighted by Gasteiger charge is 2.05. The standard InChI is InChI=1S/C18H19FN2O4/c1-3-24-16-8-7-13(9-17(16)23-2)11-20-25-12-18(22)21-15-6-4-5-14(19)10-15/h4-11H,3,12H2,1-2H3,(H,21,22)/b20-11-. The molecule has 0 heterocycles. The highest BCUT2D eigenvalue weighted by molar-refractivity contribution is 5.91. The summed E-state index contributed by atoms with van der Waals surface area (Å²) in [5, 5.41) is 6.24. The van der Waals surface area contributed by atoms with Crippen LogP contribution >= 0.6 is 0 Å². The molecule has 0 saturated carbocycles. The molecule has 1 amide bonds. The van der Waals surface area contributed by atoms with Crippen LogP contribution in [0.25, 0.3) is 0 Å². The molecular formula is C18H19FN2O4. The van der Waals surface area contributed by atoms with E-state index in [2.05, 4.69) is 10.5 Å². The van der Waals surface area contributed by atoms with Crippen LogP contribution in [0, 0.1) is 5.82 Å². The Morgan fingerprint density at radius 1 is 1.24 bits per heavy atom. The van der Waals surface area contributed by atoms with Crippen LogP contribution in [0.4, 0.5) is 10.1 Å². The molecule has 0 bridgehead atoms. The summed E-state index contributed by atoms with van der Waals surface area (Å²) >= 11 is 0. The van der Waals surface area contributed by atoms with E-state index in [-0.39, 0.29) is 6.61 Å². The highest BCUT2D eigenvalue weighted by Crippen LogP contribution is 2.27. The third-order valence-electron chi connectivity index (χ3n) is 3.07. The van der Waals surface area contributed by atoms with E-state index in [1.54, 1.807) is 31.4 Å². The van der Waals surface area contributed by atoms with Crippen molar-refractivity contribution in [3.8, 4) is 11.5 Å². The third kappa shape index (κ3) is 5.80. The van der Waals surface area contributed by atoms with Crippen molar-refractivity contribution in [1.82, 2.24) is 0 Å². The summed E-state index contributed by atoms with van der Waals surface area (Å²) in [7, 11) is 1.55. The number of benzene rings is 2. The number of hydrogen-bond donors (Lipinski definition) is 1. The summed E-state index contributed by atoms with van der Waals surface area (Å²) in [6, 6.07) is 10.9. The van der Waals surface area contributed by atoms with Crippen LogP contribution in [0.3, 0.4) is 0 Å². The van der Waals surface area contributed by atoms with Crippen molar-refractivity contribution in [3.05, 3.63) is 53.8 Å². The number of oxime groups is 1. The lowest BCUT2D eigenvalue weighted by Gasteiger charge is -2.09.